The summed E-state index contributed by atoms with van der Waals surface area (Å²) in [5, 5.41) is 2.90. The smallest absolute Gasteiger partial charge is 0.259 e. The Morgan fingerprint density at radius 2 is 1.96 bits per heavy atom. The Bertz CT molecular complexity index is 680. The fraction of sp³-hybridized carbons (Fsp3) is 0.421. The Balaban J connectivity index is 1.99. The van der Waals surface area contributed by atoms with E-state index in [4.69, 9.17) is 9.15 Å². The number of carbonyl (C=O) groups excluding carboxylic acids is 1. The second kappa shape index (κ2) is 7.01. The van der Waals surface area contributed by atoms with Crippen LogP contribution < -0.4 is 5.32 Å². The molecule has 2 aromatic rings. The van der Waals surface area contributed by atoms with E-state index < -0.39 is 0 Å². The summed E-state index contributed by atoms with van der Waals surface area (Å²) in [6, 6.07) is 9.46. The fourth-order valence-electron chi connectivity index (χ4n) is 2.27. The molecule has 4 heteroatoms. The molecule has 124 valence electrons. The van der Waals surface area contributed by atoms with E-state index in [1.807, 2.05) is 31.2 Å². The molecule has 0 saturated carbocycles. The number of furan rings is 1. The van der Waals surface area contributed by atoms with E-state index in [0.29, 0.717) is 24.5 Å². The molecule has 0 aliphatic heterocycles. The van der Waals surface area contributed by atoms with Crippen molar-refractivity contribution in [3.8, 4) is 0 Å². The molecular weight excluding hydrogens is 290 g/mol. The Morgan fingerprint density at radius 3 is 2.57 bits per heavy atom. The summed E-state index contributed by atoms with van der Waals surface area (Å²) < 4.78 is 11.1. The van der Waals surface area contributed by atoms with Crippen molar-refractivity contribution in [2.24, 2.45) is 5.41 Å². The van der Waals surface area contributed by atoms with Gasteiger partial charge in [-0.05, 0) is 43.0 Å². The third-order valence-corrected chi connectivity index (χ3v) is 3.27. The Morgan fingerprint density at radius 1 is 1.22 bits per heavy atom. The van der Waals surface area contributed by atoms with E-state index in [0.717, 1.165) is 17.0 Å². The summed E-state index contributed by atoms with van der Waals surface area (Å²) in [4.78, 5) is 12.3. The predicted molar refractivity (Wildman–Crippen MR) is 91.7 cm³/mol. The minimum atomic E-state index is -0.160. The molecule has 1 aromatic carbocycles. The van der Waals surface area contributed by atoms with Crippen LogP contribution in [0.25, 0.3) is 0 Å². The van der Waals surface area contributed by atoms with Gasteiger partial charge in [0.25, 0.3) is 5.91 Å². The summed E-state index contributed by atoms with van der Waals surface area (Å²) in [6.07, 6.45) is 0. The lowest BCUT2D eigenvalue weighted by molar-refractivity contribution is 0.0599. The van der Waals surface area contributed by atoms with Gasteiger partial charge in [0.15, 0.2) is 0 Å². The third kappa shape index (κ3) is 5.25. The first-order valence-electron chi connectivity index (χ1n) is 7.80. The highest BCUT2D eigenvalue weighted by Crippen LogP contribution is 2.18. The van der Waals surface area contributed by atoms with Crippen molar-refractivity contribution in [3.05, 3.63) is 53.0 Å². The maximum atomic E-state index is 12.3. The molecule has 0 aliphatic rings. The van der Waals surface area contributed by atoms with Crippen LogP contribution in [0, 0.1) is 19.3 Å². The molecule has 0 unspecified atom stereocenters. The Hall–Kier alpha value is -2.07. The van der Waals surface area contributed by atoms with Crippen molar-refractivity contribution in [3.63, 3.8) is 0 Å². The molecule has 1 heterocycles. The summed E-state index contributed by atoms with van der Waals surface area (Å²) in [7, 11) is 0. The average Bonchev–Trinajstić information content (AvgIpc) is 2.77. The molecule has 1 amide bonds. The van der Waals surface area contributed by atoms with Gasteiger partial charge in [0, 0.05) is 5.69 Å². The lowest BCUT2D eigenvalue weighted by atomic mass is 9.99. The van der Waals surface area contributed by atoms with Crippen LogP contribution in [0.3, 0.4) is 0 Å². The van der Waals surface area contributed by atoms with E-state index in [-0.39, 0.29) is 11.3 Å². The van der Waals surface area contributed by atoms with Gasteiger partial charge in [-0.3, -0.25) is 4.79 Å². The molecule has 1 aromatic heterocycles. The molecule has 1 N–H and O–H groups in total. The molecule has 0 spiro atoms. The highest BCUT2D eigenvalue weighted by atomic mass is 16.5. The SMILES string of the molecule is Cc1cc(C(=O)Nc2cccc(COCC(C)(C)C)c2)c(C)o1. The molecule has 0 fully saturated rings. The van der Waals surface area contributed by atoms with Crippen molar-refractivity contribution in [2.45, 2.75) is 41.2 Å². The third-order valence-electron chi connectivity index (χ3n) is 3.27. The number of rotatable bonds is 5. The molecular formula is C19H25NO3. The van der Waals surface area contributed by atoms with Crippen LogP contribution in [0.4, 0.5) is 5.69 Å². The van der Waals surface area contributed by atoms with Gasteiger partial charge in [-0.2, -0.15) is 0 Å². The van der Waals surface area contributed by atoms with E-state index >= 15 is 0 Å². The molecule has 23 heavy (non-hydrogen) atoms. The van der Waals surface area contributed by atoms with Crippen molar-refractivity contribution in [2.75, 3.05) is 11.9 Å². The summed E-state index contributed by atoms with van der Waals surface area (Å²) >= 11 is 0. The van der Waals surface area contributed by atoms with Crippen LogP contribution in [0.15, 0.2) is 34.7 Å². The van der Waals surface area contributed by atoms with Gasteiger partial charge in [-0.1, -0.05) is 32.9 Å². The molecule has 0 bridgehead atoms. The highest BCUT2D eigenvalue weighted by Gasteiger charge is 2.14. The molecule has 0 atom stereocenters. The van der Waals surface area contributed by atoms with Gasteiger partial charge in [0.2, 0.25) is 0 Å². The number of anilines is 1. The summed E-state index contributed by atoms with van der Waals surface area (Å²) in [5.41, 5.74) is 2.50. The number of amides is 1. The van der Waals surface area contributed by atoms with Crippen LogP contribution in [-0.4, -0.2) is 12.5 Å². The highest BCUT2D eigenvalue weighted by molar-refractivity contribution is 6.05. The Labute approximate surface area is 137 Å². The first kappa shape index (κ1) is 17.3. The van der Waals surface area contributed by atoms with Gasteiger partial charge in [-0.25, -0.2) is 0 Å². The summed E-state index contributed by atoms with van der Waals surface area (Å²) in [5.74, 6) is 1.20. The first-order valence-corrected chi connectivity index (χ1v) is 7.80. The van der Waals surface area contributed by atoms with E-state index in [9.17, 15) is 4.79 Å². The predicted octanol–water partition coefficient (Wildman–Crippen LogP) is 4.71. The zero-order valence-corrected chi connectivity index (χ0v) is 14.5. The van der Waals surface area contributed by atoms with Crippen LogP contribution in [0.1, 0.15) is 48.2 Å². The van der Waals surface area contributed by atoms with Gasteiger partial charge < -0.3 is 14.5 Å². The Kier molecular flexibility index (Phi) is 5.26. The number of aryl methyl sites for hydroxylation is 2. The van der Waals surface area contributed by atoms with Gasteiger partial charge >= 0.3 is 0 Å². The maximum absolute atomic E-state index is 12.3. The monoisotopic (exact) mass is 315 g/mol. The van der Waals surface area contributed by atoms with Crippen molar-refractivity contribution in [1.29, 1.82) is 0 Å². The quantitative estimate of drug-likeness (QED) is 0.869. The molecule has 2 rings (SSSR count). The fourth-order valence-corrected chi connectivity index (χ4v) is 2.27. The second-order valence-electron chi connectivity index (χ2n) is 7.03. The molecule has 0 radical (unpaired) electrons. The number of carbonyl (C=O) groups is 1. The molecule has 0 saturated heterocycles. The van der Waals surface area contributed by atoms with Crippen molar-refractivity contribution in [1.82, 2.24) is 0 Å². The number of hydrogen-bond acceptors (Lipinski definition) is 3. The normalized spacial score (nSPS) is 11.5. The van der Waals surface area contributed by atoms with Gasteiger partial charge in [0.1, 0.15) is 11.5 Å². The summed E-state index contributed by atoms with van der Waals surface area (Å²) in [6.45, 7) is 11.3. The molecule has 0 aliphatic carbocycles. The number of benzene rings is 1. The standard InChI is InChI=1S/C19H25NO3/c1-13-9-17(14(2)23-13)18(21)20-16-8-6-7-15(10-16)11-22-12-19(3,4)5/h6-10H,11-12H2,1-5H3,(H,20,21). The van der Waals surface area contributed by atoms with Crippen molar-refractivity contribution < 1.29 is 13.9 Å². The lowest BCUT2D eigenvalue weighted by Gasteiger charge is -2.18. The zero-order valence-electron chi connectivity index (χ0n) is 14.5. The molecule has 4 nitrogen and oxygen atoms in total. The number of hydrogen-bond donors (Lipinski definition) is 1. The van der Waals surface area contributed by atoms with E-state index in [1.54, 1.807) is 13.0 Å². The maximum Gasteiger partial charge on any atom is 0.259 e. The number of ether oxygens (including phenoxy) is 1. The lowest BCUT2D eigenvalue weighted by Crippen LogP contribution is -2.14. The van der Waals surface area contributed by atoms with E-state index in [1.165, 1.54) is 0 Å². The second-order valence-corrected chi connectivity index (χ2v) is 7.03. The van der Waals surface area contributed by atoms with Crippen LogP contribution in [0.5, 0.6) is 0 Å². The minimum absolute atomic E-state index is 0.141. The largest absolute Gasteiger partial charge is 0.466 e. The van der Waals surface area contributed by atoms with Crippen molar-refractivity contribution >= 4 is 11.6 Å². The van der Waals surface area contributed by atoms with Gasteiger partial charge in [-0.15, -0.1) is 0 Å². The first-order chi connectivity index (χ1) is 10.7. The van der Waals surface area contributed by atoms with Crippen LogP contribution in [-0.2, 0) is 11.3 Å². The average molecular weight is 315 g/mol. The van der Waals surface area contributed by atoms with E-state index in [2.05, 4.69) is 26.1 Å². The topological polar surface area (TPSA) is 51.5 Å². The van der Waals surface area contributed by atoms with Crippen LogP contribution in [0.2, 0.25) is 0 Å². The van der Waals surface area contributed by atoms with Gasteiger partial charge in [0.05, 0.1) is 18.8 Å². The minimum Gasteiger partial charge on any atom is -0.466 e. The zero-order chi connectivity index (χ0) is 17.0. The van der Waals surface area contributed by atoms with Crippen LogP contribution >= 0.6 is 0 Å². The number of nitrogens with one attached hydrogen (secondary N) is 1.